The molecule has 4 aliphatic rings. The summed E-state index contributed by atoms with van der Waals surface area (Å²) < 4.78 is 0. The molecule has 2 aliphatic carbocycles. The van der Waals surface area contributed by atoms with E-state index in [4.69, 9.17) is 0 Å². The van der Waals surface area contributed by atoms with E-state index in [9.17, 15) is 4.79 Å². The number of rotatable bonds is 2. The summed E-state index contributed by atoms with van der Waals surface area (Å²) in [5.74, 6) is 2.43. The summed E-state index contributed by atoms with van der Waals surface area (Å²) in [6.07, 6.45) is 9.02. The Hall–Kier alpha value is -0.570. The maximum absolute atomic E-state index is 12.6. The number of nitrogens with zero attached hydrogens (tertiary/aromatic N) is 2. The molecule has 4 fully saturated rings. The molecule has 1 amide bonds. The van der Waals surface area contributed by atoms with Crippen LogP contribution >= 0.6 is 0 Å². The van der Waals surface area contributed by atoms with Crippen molar-refractivity contribution in [1.82, 2.24) is 9.80 Å². The van der Waals surface area contributed by atoms with Crippen molar-refractivity contribution in [3.8, 4) is 0 Å². The molecule has 0 spiro atoms. The van der Waals surface area contributed by atoms with Gasteiger partial charge in [-0.15, -0.1) is 0 Å². The maximum atomic E-state index is 12.6. The Morgan fingerprint density at radius 3 is 2.00 bits per heavy atom. The van der Waals surface area contributed by atoms with Crippen LogP contribution in [0.25, 0.3) is 0 Å². The van der Waals surface area contributed by atoms with E-state index in [1.54, 1.807) is 0 Å². The normalized spacial score (nSPS) is 36.7. The number of hydrogen-bond acceptors (Lipinski definition) is 2. The van der Waals surface area contributed by atoms with Crippen molar-refractivity contribution >= 4 is 5.91 Å². The topological polar surface area (TPSA) is 23.6 Å². The summed E-state index contributed by atoms with van der Waals surface area (Å²) in [7, 11) is 0. The van der Waals surface area contributed by atoms with Crippen LogP contribution in [0.5, 0.6) is 0 Å². The van der Waals surface area contributed by atoms with Crippen molar-refractivity contribution in [2.45, 2.75) is 51.0 Å². The minimum atomic E-state index is 0.368. The first-order valence-corrected chi connectivity index (χ1v) is 8.34. The van der Waals surface area contributed by atoms with Crippen LogP contribution in [-0.4, -0.2) is 47.9 Å². The van der Waals surface area contributed by atoms with Gasteiger partial charge >= 0.3 is 0 Å². The van der Waals surface area contributed by atoms with Crippen LogP contribution in [0.4, 0.5) is 0 Å². The highest BCUT2D eigenvalue weighted by molar-refractivity contribution is 5.79. The third kappa shape index (κ3) is 2.31. The Morgan fingerprint density at radius 1 is 0.789 bits per heavy atom. The van der Waals surface area contributed by atoms with E-state index in [-0.39, 0.29) is 0 Å². The summed E-state index contributed by atoms with van der Waals surface area (Å²) >= 11 is 0. The monoisotopic (exact) mass is 262 g/mol. The molecule has 0 aromatic rings. The molecule has 2 atom stereocenters. The lowest BCUT2D eigenvalue weighted by Crippen LogP contribution is -2.38. The van der Waals surface area contributed by atoms with E-state index in [1.165, 1.54) is 45.2 Å². The molecule has 0 aromatic heterocycles. The molecule has 2 heterocycles. The number of carbonyl (C=O) groups is 1. The van der Waals surface area contributed by atoms with Crippen molar-refractivity contribution in [1.29, 1.82) is 0 Å². The summed E-state index contributed by atoms with van der Waals surface area (Å²) in [4.78, 5) is 17.5. The van der Waals surface area contributed by atoms with Gasteiger partial charge in [-0.1, -0.05) is 19.3 Å². The lowest BCUT2D eigenvalue weighted by Gasteiger charge is -2.27. The van der Waals surface area contributed by atoms with Crippen LogP contribution in [0.3, 0.4) is 0 Å². The van der Waals surface area contributed by atoms with E-state index in [2.05, 4.69) is 9.80 Å². The number of fused-ring (bicyclic) bond motifs is 1. The average Bonchev–Trinajstić information content (AvgIpc) is 3.10. The predicted octanol–water partition coefficient (Wildman–Crippen LogP) is 2.12. The number of carbonyl (C=O) groups excluding carboxylic acids is 1. The first kappa shape index (κ1) is 12.2. The Labute approximate surface area is 116 Å². The second kappa shape index (κ2) is 4.76. The SMILES string of the molecule is O=C(C1CCCCC1)N1CC2CN(C3CC3)CC2C1. The smallest absolute Gasteiger partial charge is 0.225 e. The van der Waals surface area contributed by atoms with Gasteiger partial charge in [0.2, 0.25) is 5.91 Å². The fourth-order valence-electron chi connectivity index (χ4n) is 4.55. The first-order chi connectivity index (χ1) is 9.31. The Balaban J connectivity index is 1.34. The van der Waals surface area contributed by atoms with Crippen LogP contribution < -0.4 is 0 Å². The Morgan fingerprint density at radius 2 is 1.42 bits per heavy atom. The van der Waals surface area contributed by atoms with Gasteiger partial charge in [0.15, 0.2) is 0 Å². The molecule has 2 aliphatic heterocycles. The second-order valence-electron chi connectivity index (χ2n) is 7.28. The molecule has 3 heteroatoms. The van der Waals surface area contributed by atoms with E-state index >= 15 is 0 Å². The standard InChI is InChI=1S/C16H26N2O/c19-16(12-4-2-1-3-5-12)18-10-13-8-17(15-6-7-15)9-14(13)11-18/h12-15H,1-11H2. The highest BCUT2D eigenvalue weighted by Crippen LogP contribution is 2.38. The van der Waals surface area contributed by atoms with E-state index in [0.29, 0.717) is 11.8 Å². The number of amides is 1. The lowest BCUT2D eigenvalue weighted by atomic mass is 9.88. The zero-order valence-electron chi connectivity index (χ0n) is 11.9. The molecule has 0 aromatic carbocycles. The van der Waals surface area contributed by atoms with Gasteiger partial charge in [0.25, 0.3) is 0 Å². The van der Waals surface area contributed by atoms with Gasteiger partial charge in [-0.25, -0.2) is 0 Å². The van der Waals surface area contributed by atoms with Gasteiger partial charge in [-0.3, -0.25) is 9.69 Å². The van der Waals surface area contributed by atoms with Crippen molar-refractivity contribution in [3.05, 3.63) is 0 Å². The van der Waals surface area contributed by atoms with Crippen molar-refractivity contribution in [2.24, 2.45) is 17.8 Å². The molecular weight excluding hydrogens is 236 g/mol. The summed E-state index contributed by atoms with van der Waals surface area (Å²) in [5, 5.41) is 0. The zero-order chi connectivity index (χ0) is 12.8. The molecule has 4 rings (SSSR count). The fourth-order valence-corrected chi connectivity index (χ4v) is 4.55. The molecule has 19 heavy (non-hydrogen) atoms. The molecule has 3 nitrogen and oxygen atoms in total. The van der Waals surface area contributed by atoms with Gasteiger partial charge in [0, 0.05) is 38.1 Å². The van der Waals surface area contributed by atoms with Crippen molar-refractivity contribution in [3.63, 3.8) is 0 Å². The molecular formula is C16H26N2O. The highest BCUT2D eigenvalue weighted by atomic mass is 16.2. The summed E-state index contributed by atoms with van der Waals surface area (Å²) in [5.41, 5.74) is 0. The van der Waals surface area contributed by atoms with E-state index < -0.39 is 0 Å². The quantitative estimate of drug-likeness (QED) is 0.761. The maximum Gasteiger partial charge on any atom is 0.225 e. The van der Waals surface area contributed by atoms with Crippen LogP contribution in [0.2, 0.25) is 0 Å². The van der Waals surface area contributed by atoms with Crippen LogP contribution in [0.1, 0.15) is 44.9 Å². The van der Waals surface area contributed by atoms with Crippen LogP contribution in [0.15, 0.2) is 0 Å². The third-order valence-corrected chi connectivity index (χ3v) is 5.84. The minimum absolute atomic E-state index is 0.368. The lowest BCUT2D eigenvalue weighted by molar-refractivity contribution is -0.135. The zero-order valence-corrected chi connectivity index (χ0v) is 11.9. The molecule has 0 bridgehead atoms. The second-order valence-corrected chi connectivity index (χ2v) is 7.28. The van der Waals surface area contributed by atoms with Gasteiger partial charge < -0.3 is 4.90 Å². The molecule has 106 valence electrons. The van der Waals surface area contributed by atoms with Gasteiger partial charge in [0.1, 0.15) is 0 Å². The molecule has 2 unspecified atom stereocenters. The Bertz CT molecular complexity index is 346. The summed E-state index contributed by atoms with van der Waals surface area (Å²) in [6, 6.07) is 0.910. The Kier molecular flexibility index (Phi) is 3.06. The summed E-state index contributed by atoms with van der Waals surface area (Å²) in [6.45, 7) is 4.65. The third-order valence-electron chi connectivity index (χ3n) is 5.84. The largest absolute Gasteiger partial charge is 0.342 e. The van der Waals surface area contributed by atoms with Crippen molar-refractivity contribution < 1.29 is 4.79 Å². The molecule has 0 radical (unpaired) electrons. The van der Waals surface area contributed by atoms with E-state index in [0.717, 1.165) is 43.8 Å². The van der Waals surface area contributed by atoms with Crippen molar-refractivity contribution in [2.75, 3.05) is 26.2 Å². The number of likely N-dealkylation sites (tertiary alicyclic amines) is 2. The van der Waals surface area contributed by atoms with E-state index in [1.807, 2.05) is 0 Å². The molecule has 2 saturated heterocycles. The molecule has 0 N–H and O–H groups in total. The average molecular weight is 262 g/mol. The van der Waals surface area contributed by atoms with Gasteiger partial charge in [-0.2, -0.15) is 0 Å². The van der Waals surface area contributed by atoms with Gasteiger partial charge in [0.05, 0.1) is 0 Å². The predicted molar refractivity (Wildman–Crippen MR) is 74.7 cm³/mol. The van der Waals surface area contributed by atoms with Gasteiger partial charge in [-0.05, 0) is 37.5 Å². The molecule has 2 saturated carbocycles. The number of hydrogen-bond donors (Lipinski definition) is 0. The highest BCUT2D eigenvalue weighted by Gasteiger charge is 2.45. The van der Waals surface area contributed by atoms with Crippen LogP contribution in [-0.2, 0) is 4.79 Å². The minimum Gasteiger partial charge on any atom is -0.342 e. The fraction of sp³-hybridized carbons (Fsp3) is 0.938. The van der Waals surface area contributed by atoms with Crippen LogP contribution in [0, 0.1) is 17.8 Å². The first-order valence-electron chi connectivity index (χ1n) is 8.34.